The molecule has 25 heavy (non-hydrogen) atoms. The zero-order valence-corrected chi connectivity index (χ0v) is 17.4. The molecule has 1 heterocycles. The number of rotatable bonds is 8. The van der Waals surface area contributed by atoms with Gasteiger partial charge in [-0.25, -0.2) is 0 Å². The first kappa shape index (κ1) is 22.0. The zero-order valence-electron chi connectivity index (χ0n) is 17.4. The minimum atomic E-state index is 0.0291. The summed E-state index contributed by atoms with van der Waals surface area (Å²) in [6.45, 7) is 17.2. The second-order valence-electron chi connectivity index (χ2n) is 9.44. The maximum absolute atomic E-state index is 9.85. The summed E-state index contributed by atoms with van der Waals surface area (Å²) in [5.41, 5.74) is 1.55. The van der Waals surface area contributed by atoms with Crippen LogP contribution in [0.2, 0.25) is 0 Å². The van der Waals surface area contributed by atoms with E-state index in [0.717, 1.165) is 44.5 Å². The third-order valence-corrected chi connectivity index (χ3v) is 5.64. The maximum atomic E-state index is 9.85. The molecular weight excluding hydrogens is 306 g/mol. The first-order valence-corrected chi connectivity index (χ1v) is 9.74. The second kappa shape index (κ2) is 9.06. The minimum absolute atomic E-state index is 0.0291. The Morgan fingerprint density at radius 3 is 2.52 bits per heavy atom. The van der Waals surface area contributed by atoms with Gasteiger partial charge in [0.05, 0.1) is 0 Å². The Hall–Kier alpha value is -1.04. The first-order valence-electron chi connectivity index (χ1n) is 9.74. The monoisotopic (exact) mass is 345 g/mol. The lowest BCUT2D eigenvalue weighted by Gasteiger charge is -2.51. The average Bonchev–Trinajstić information content (AvgIpc) is 2.52. The van der Waals surface area contributed by atoms with Crippen molar-refractivity contribution >= 4 is 0 Å². The summed E-state index contributed by atoms with van der Waals surface area (Å²) in [5.74, 6) is 2.69. The molecule has 1 fully saturated rings. The third kappa shape index (κ3) is 7.00. The van der Waals surface area contributed by atoms with Crippen molar-refractivity contribution in [2.45, 2.75) is 67.2 Å². The highest BCUT2D eigenvalue weighted by Crippen LogP contribution is 2.47. The molecule has 2 heteroatoms. The molecular formula is C23H39NO. The molecule has 0 aromatic rings. The van der Waals surface area contributed by atoms with E-state index in [4.69, 9.17) is 6.42 Å². The van der Waals surface area contributed by atoms with E-state index in [2.05, 4.69) is 51.5 Å². The SMILES string of the molecule is C#CC(/C=C\CCN1CC(C)(C)CC(C)(CC(C)(CC)CO)C1)=C/C. The molecule has 1 rings (SSSR count). The summed E-state index contributed by atoms with van der Waals surface area (Å²) in [6, 6.07) is 0. The van der Waals surface area contributed by atoms with Gasteiger partial charge in [0.2, 0.25) is 0 Å². The van der Waals surface area contributed by atoms with Gasteiger partial charge in [-0.3, -0.25) is 0 Å². The van der Waals surface area contributed by atoms with Crippen LogP contribution >= 0.6 is 0 Å². The zero-order chi connectivity index (χ0) is 19.1. The summed E-state index contributed by atoms with van der Waals surface area (Å²) in [6.07, 6.45) is 16.0. The van der Waals surface area contributed by atoms with Crippen molar-refractivity contribution in [3.05, 3.63) is 23.8 Å². The van der Waals surface area contributed by atoms with Gasteiger partial charge < -0.3 is 10.0 Å². The number of allylic oxidation sites excluding steroid dienone is 3. The Morgan fingerprint density at radius 2 is 2.00 bits per heavy atom. The van der Waals surface area contributed by atoms with E-state index in [9.17, 15) is 5.11 Å². The summed E-state index contributed by atoms with van der Waals surface area (Å²) >= 11 is 0. The number of hydrogen-bond acceptors (Lipinski definition) is 2. The Balaban J connectivity index is 2.75. The number of nitrogens with zero attached hydrogens (tertiary/aromatic N) is 1. The van der Waals surface area contributed by atoms with Gasteiger partial charge in [0.25, 0.3) is 0 Å². The molecule has 0 saturated carbocycles. The Bertz CT molecular complexity index is 519. The van der Waals surface area contributed by atoms with Crippen molar-refractivity contribution in [1.82, 2.24) is 4.90 Å². The predicted molar refractivity (Wildman–Crippen MR) is 109 cm³/mol. The molecule has 1 aliphatic rings. The van der Waals surface area contributed by atoms with Crippen molar-refractivity contribution in [1.29, 1.82) is 0 Å². The van der Waals surface area contributed by atoms with Crippen LogP contribution in [0.5, 0.6) is 0 Å². The van der Waals surface area contributed by atoms with Gasteiger partial charge in [0.1, 0.15) is 0 Å². The van der Waals surface area contributed by atoms with E-state index < -0.39 is 0 Å². The fourth-order valence-electron chi connectivity index (χ4n) is 4.76. The molecule has 0 spiro atoms. The second-order valence-corrected chi connectivity index (χ2v) is 9.44. The number of aliphatic hydroxyl groups is 1. The van der Waals surface area contributed by atoms with Crippen LogP contribution in [0.1, 0.15) is 67.2 Å². The van der Waals surface area contributed by atoms with Crippen molar-refractivity contribution in [3.8, 4) is 12.3 Å². The van der Waals surface area contributed by atoms with E-state index in [1.54, 1.807) is 0 Å². The minimum Gasteiger partial charge on any atom is -0.396 e. The Morgan fingerprint density at radius 1 is 1.32 bits per heavy atom. The van der Waals surface area contributed by atoms with Crippen LogP contribution in [0.15, 0.2) is 23.8 Å². The first-order chi connectivity index (χ1) is 11.6. The Kier molecular flexibility index (Phi) is 7.97. The Labute approximate surface area is 156 Å². The molecule has 0 aromatic carbocycles. The summed E-state index contributed by atoms with van der Waals surface area (Å²) in [5, 5.41) is 9.85. The van der Waals surface area contributed by atoms with Crippen molar-refractivity contribution in [3.63, 3.8) is 0 Å². The van der Waals surface area contributed by atoms with Gasteiger partial charge in [-0.15, -0.1) is 6.42 Å². The lowest BCUT2D eigenvalue weighted by molar-refractivity contribution is -0.0233. The van der Waals surface area contributed by atoms with Crippen LogP contribution in [-0.2, 0) is 0 Å². The molecule has 0 amide bonds. The number of terminal acetylenes is 1. The molecule has 1 saturated heterocycles. The predicted octanol–water partition coefficient (Wildman–Crippen LogP) is 5.05. The van der Waals surface area contributed by atoms with E-state index >= 15 is 0 Å². The van der Waals surface area contributed by atoms with Gasteiger partial charge in [0.15, 0.2) is 0 Å². The molecule has 2 unspecified atom stereocenters. The number of piperidine rings is 1. The van der Waals surface area contributed by atoms with Crippen molar-refractivity contribution < 1.29 is 5.11 Å². The average molecular weight is 346 g/mol. The molecule has 2 nitrogen and oxygen atoms in total. The lowest BCUT2D eigenvalue weighted by Crippen LogP contribution is -2.51. The summed E-state index contributed by atoms with van der Waals surface area (Å²) in [7, 11) is 0. The van der Waals surface area contributed by atoms with Crippen molar-refractivity contribution in [2.24, 2.45) is 16.2 Å². The van der Waals surface area contributed by atoms with E-state index in [1.807, 2.05) is 19.1 Å². The van der Waals surface area contributed by atoms with Crippen LogP contribution in [-0.4, -0.2) is 36.2 Å². The fourth-order valence-corrected chi connectivity index (χ4v) is 4.76. The van der Waals surface area contributed by atoms with Gasteiger partial charge in [-0.1, -0.05) is 58.8 Å². The van der Waals surface area contributed by atoms with Crippen LogP contribution in [0.4, 0.5) is 0 Å². The van der Waals surface area contributed by atoms with Crippen LogP contribution in [0.25, 0.3) is 0 Å². The van der Waals surface area contributed by atoms with Gasteiger partial charge >= 0.3 is 0 Å². The number of hydrogen-bond donors (Lipinski definition) is 1. The highest BCUT2D eigenvalue weighted by molar-refractivity contribution is 5.35. The molecule has 0 aromatic heterocycles. The molecule has 2 atom stereocenters. The summed E-state index contributed by atoms with van der Waals surface area (Å²) in [4.78, 5) is 2.60. The van der Waals surface area contributed by atoms with E-state index in [-0.39, 0.29) is 17.4 Å². The number of aliphatic hydroxyl groups excluding tert-OH is 1. The van der Waals surface area contributed by atoms with Gasteiger partial charge in [-0.2, -0.15) is 0 Å². The van der Waals surface area contributed by atoms with E-state index in [1.165, 1.54) is 6.42 Å². The quantitative estimate of drug-likeness (QED) is 0.491. The molecule has 142 valence electrons. The largest absolute Gasteiger partial charge is 0.396 e. The lowest BCUT2D eigenvalue weighted by atomic mass is 9.63. The van der Waals surface area contributed by atoms with Gasteiger partial charge in [0, 0.05) is 31.8 Å². The standard InChI is InChI=1S/C23H39NO/c1-8-20(9-2)13-11-12-14-24-17-21(4,5)15-23(7,18-24)16-22(6,10-3)19-25/h1,9,11,13,25H,10,12,14-19H2,2-7H3/b13-11-,20-9-. The smallest absolute Gasteiger partial charge is 0.0484 e. The summed E-state index contributed by atoms with van der Waals surface area (Å²) < 4.78 is 0. The highest BCUT2D eigenvalue weighted by atomic mass is 16.3. The van der Waals surface area contributed by atoms with Gasteiger partial charge in [-0.05, 0) is 48.9 Å². The van der Waals surface area contributed by atoms with Crippen LogP contribution in [0.3, 0.4) is 0 Å². The number of likely N-dealkylation sites (tertiary alicyclic amines) is 1. The molecule has 0 aliphatic carbocycles. The van der Waals surface area contributed by atoms with Crippen LogP contribution < -0.4 is 0 Å². The maximum Gasteiger partial charge on any atom is 0.0484 e. The van der Waals surface area contributed by atoms with Crippen molar-refractivity contribution in [2.75, 3.05) is 26.2 Å². The topological polar surface area (TPSA) is 23.5 Å². The fraction of sp³-hybridized carbons (Fsp3) is 0.739. The highest BCUT2D eigenvalue weighted by Gasteiger charge is 2.43. The van der Waals surface area contributed by atoms with Crippen LogP contribution in [0, 0.1) is 28.6 Å². The normalized spacial score (nSPS) is 27.2. The molecule has 0 bridgehead atoms. The van der Waals surface area contributed by atoms with E-state index in [0.29, 0.717) is 5.41 Å². The third-order valence-electron chi connectivity index (χ3n) is 5.64. The molecule has 0 radical (unpaired) electrons. The molecule has 1 N–H and O–H groups in total. The molecule has 1 aliphatic heterocycles.